The van der Waals surface area contributed by atoms with E-state index in [0.29, 0.717) is 6.42 Å². The van der Waals surface area contributed by atoms with Crippen molar-refractivity contribution < 1.29 is 9.53 Å². The Labute approximate surface area is 101 Å². The van der Waals surface area contributed by atoms with Crippen molar-refractivity contribution in [3.8, 4) is 0 Å². The SMILES string of the molecule is CC(C)(C)OC(=O)C(N)CCCCCBr. The molecule has 0 fully saturated rings. The Balaban J connectivity index is 3.70. The van der Waals surface area contributed by atoms with Crippen molar-refractivity contribution in [3.63, 3.8) is 0 Å². The molecule has 0 aromatic carbocycles. The number of rotatable bonds is 6. The van der Waals surface area contributed by atoms with Crippen molar-refractivity contribution in [3.05, 3.63) is 0 Å². The highest BCUT2D eigenvalue weighted by molar-refractivity contribution is 9.09. The van der Waals surface area contributed by atoms with E-state index in [4.69, 9.17) is 10.5 Å². The zero-order valence-corrected chi connectivity index (χ0v) is 11.5. The number of hydrogen-bond acceptors (Lipinski definition) is 3. The second kappa shape index (κ2) is 7.23. The molecule has 0 saturated carbocycles. The van der Waals surface area contributed by atoms with Gasteiger partial charge in [0.15, 0.2) is 0 Å². The van der Waals surface area contributed by atoms with Crippen LogP contribution in [0.4, 0.5) is 0 Å². The van der Waals surface area contributed by atoms with Gasteiger partial charge in [-0.2, -0.15) is 0 Å². The molecule has 0 amide bonds. The van der Waals surface area contributed by atoms with Crippen LogP contribution in [-0.4, -0.2) is 22.9 Å². The summed E-state index contributed by atoms with van der Waals surface area (Å²) >= 11 is 3.36. The number of halogens is 1. The van der Waals surface area contributed by atoms with Crippen LogP contribution in [0.15, 0.2) is 0 Å². The average Bonchev–Trinajstić information content (AvgIpc) is 2.09. The molecule has 0 aliphatic carbocycles. The van der Waals surface area contributed by atoms with Crippen molar-refractivity contribution in [2.75, 3.05) is 5.33 Å². The first kappa shape index (κ1) is 14.9. The molecule has 0 radical (unpaired) electrons. The van der Waals surface area contributed by atoms with Crippen LogP contribution in [0.25, 0.3) is 0 Å². The van der Waals surface area contributed by atoms with Gasteiger partial charge in [0, 0.05) is 5.33 Å². The van der Waals surface area contributed by atoms with Gasteiger partial charge in [-0.15, -0.1) is 0 Å². The number of unbranched alkanes of at least 4 members (excludes halogenated alkanes) is 2. The fourth-order valence-corrected chi connectivity index (χ4v) is 1.53. The molecule has 1 atom stereocenters. The maximum atomic E-state index is 11.5. The topological polar surface area (TPSA) is 52.3 Å². The number of carbonyl (C=O) groups is 1. The van der Waals surface area contributed by atoms with Crippen molar-refractivity contribution in [2.24, 2.45) is 5.73 Å². The van der Waals surface area contributed by atoms with E-state index in [0.717, 1.165) is 24.6 Å². The molecule has 0 aliphatic rings. The van der Waals surface area contributed by atoms with Gasteiger partial charge in [-0.1, -0.05) is 28.8 Å². The lowest BCUT2D eigenvalue weighted by Crippen LogP contribution is -2.37. The van der Waals surface area contributed by atoms with E-state index in [1.54, 1.807) is 0 Å². The van der Waals surface area contributed by atoms with E-state index in [9.17, 15) is 4.79 Å². The van der Waals surface area contributed by atoms with Crippen LogP contribution < -0.4 is 5.73 Å². The third-order valence-corrected chi connectivity index (χ3v) is 2.42. The van der Waals surface area contributed by atoms with Gasteiger partial charge in [-0.25, -0.2) is 0 Å². The molecule has 0 rings (SSSR count). The molecule has 90 valence electrons. The Bertz CT molecular complexity index is 190. The van der Waals surface area contributed by atoms with Crippen molar-refractivity contribution >= 4 is 21.9 Å². The number of hydrogen-bond donors (Lipinski definition) is 1. The van der Waals surface area contributed by atoms with Gasteiger partial charge in [0.25, 0.3) is 0 Å². The smallest absolute Gasteiger partial charge is 0.323 e. The Morgan fingerprint density at radius 2 is 1.93 bits per heavy atom. The van der Waals surface area contributed by atoms with E-state index in [-0.39, 0.29) is 5.97 Å². The predicted octanol–water partition coefficient (Wildman–Crippen LogP) is 2.61. The summed E-state index contributed by atoms with van der Waals surface area (Å²) in [4.78, 5) is 11.5. The normalized spacial score (nSPS) is 13.7. The minimum Gasteiger partial charge on any atom is -0.459 e. The van der Waals surface area contributed by atoms with Gasteiger partial charge >= 0.3 is 5.97 Å². The monoisotopic (exact) mass is 279 g/mol. The summed E-state index contributed by atoms with van der Waals surface area (Å²) < 4.78 is 5.18. The summed E-state index contributed by atoms with van der Waals surface area (Å²) in [6.07, 6.45) is 3.91. The summed E-state index contributed by atoms with van der Waals surface area (Å²) in [6.45, 7) is 5.55. The Hall–Kier alpha value is -0.0900. The summed E-state index contributed by atoms with van der Waals surface area (Å²) in [5.41, 5.74) is 5.28. The molecular weight excluding hydrogens is 258 g/mol. The van der Waals surface area contributed by atoms with E-state index >= 15 is 0 Å². The highest BCUT2D eigenvalue weighted by Gasteiger charge is 2.21. The first-order chi connectivity index (χ1) is 6.87. The minimum absolute atomic E-state index is 0.290. The number of carbonyl (C=O) groups excluding carboxylic acids is 1. The zero-order chi connectivity index (χ0) is 11.9. The lowest BCUT2D eigenvalue weighted by Gasteiger charge is -2.22. The van der Waals surface area contributed by atoms with Gasteiger partial charge in [0.1, 0.15) is 11.6 Å². The fraction of sp³-hybridized carbons (Fsp3) is 0.909. The van der Waals surface area contributed by atoms with E-state index in [1.807, 2.05) is 20.8 Å². The molecule has 2 N–H and O–H groups in total. The zero-order valence-electron chi connectivity index (χ0n) is 9.88. The van der Waals surface area contributed by atoms with Crippen molar-refractivity contribution in [2.45, 2.75) is 58.1 Å². The molecule has 4 heteroatoms. The maximum Gasteiger partial charge on any atom is 0.323 e. The van der Waals surface area contributed by atoms with Crippen LogP contribution in [0, 0.1) is 0 Å². The third kappa shape index (κ3) is 8.88. The van der Waals surface area contributed by atoms with Crippen LogP contribution in [-0.2, 0) is 9.53 Å². The third-order valence-electron chi connectivity index (χ3n) is 1.86. The maximum absolute atomic E-state index is 11.5. The Kier molecular flexibility index (Phi) is 7.18. The summed E-state index contributed by atoms with van der Waals surface area (Å²) in [7, 11) is 0. The molecule has 15 heavy (non-hydrogen) atoms. The van der Waals surface area contributed by atoms with Gasteiger partial charge < -0.3 is 10.5 Å². The van der Waals surface area contributed by atoms with E-state index in [2.05, 4.69) is 15.9 Å². The molecule has 0 aliphatic heterocycles. The predicted molar refractivity (Wildman–Crippen MR) is 66.1 cm³/mol. The molecule has 0 spiro atoms. The largest absolute Gasteiger partial charge is 0.459 e. The van der Waals surface area contributed by atoms with E-state index < -0.39 is 11.6 Å². The van der Waals surface area contributed by atoms with Gasteiger partial charge in [0.2, 0.25) is 0 Å². The first-order valence-electron chi connectivity index (χ1n) is 5.41. The number of alkyl halides is 1. The van der Waals surface area contributed by atoms with Crippen LogP contribution >= 0.6 is 15.9 Å². The number of nitrogens with two attached hydrogens (primary N) is 1. The summed E-state index contributed by atoms with van der Waals surface area (Å²) in [5.74, 6) is -0.290. The molecular formula is C11H22BrNO2. The highest BCUT2D eigenvalue weighted by Crippen LogP contribution is 2.11. The first-order valence-corrected chi connectivity index (χ1v) is 6.53. The lowest BCUT2D eigenvalue weighted by molar-refractivity contribution is -0.156. The molecule has 0 heterocycles. The van der Waals surface area contributed by atoms with Crippen LogP contribution in [0.1, 0.15) is 46.5 Å². The molecule has 0 aromatic rings. The molecule has 0 aromatic heterocycles. The van der Waals surface area contributed by atoms with Gasteiger partial charge in [-0.05, 0) is 33.6 Å². The van der Waals surface area contributed by atoms with Gasteiger partial charge in [0.05, 0.1) is 0 Å². The van der Waals surface area contributed by atoms with Gasteiger partial charge in [-0.3, -0.25) is 4.79 Å². The number of esters is 1. The molecule has 0 saturated heterocycles. The second-order valence-corrected chi connectivity index (χ2v) is 5.47. The van der Waals surface area contributed by atoms with Crippen LogP contribution in [0.5, 0.6) is 0 Å². The van der Waals surface area contributed by atoms with E-state index in [1.165, 1.54) is 0 Å². The fourth-order valence-electron chi connectivity index (χ4n) is 1.13. The Morgan fingerprint density at radius 1 is 1.33 bits per heavy atom. The number of ether oxygens (including phenoxy) is 1. The Morgan fingerprint density at radius 3 is 2.40 bits per heavy atom. The summed E-state index contributed by atoms with van der Waals surface area (Å²) in [5, 5.41) is 1.01. The van der Waals surface area contributed by atoms with Crippen molar-refractivity contribution in [1.29, 1.82) is 0 Å². The standard InChI is InChI=1S/C11H22BrNO2/c1-11(2,3)15-10(14)9(13)7-5-4-6-8-12/h9H,4-8,13H2,1-3H3. The second-order valence-electron chi connectivity index (χ2n) is 4.68. The average molecular weight is 280 g/mol. The quantitative estimate of drug-likeness (QED) is 0.462. The molecule has 3 nitrogen and oxygen atoms in total. The van der Waals surface area contributed by atoms with Crippen LogP contribution in [0.3, 0.4) is 0 Å². The molecule has 0 bridgehead atoms. The summed E-state index contributed by atoms with van der Waals surface area (Å²) in [6, 6.07) is -0.473. The van der Waals surface area contributed by atoms with Crippen molar-refractivity contribution in [1.82, 2.24) is 0 Å². The molecule has 1 unspecified atom stereocenters. The minimum atomic E-state index is -0.473. The lowest BCUT2D eigenvalue weighted by atomic mass is 10.1. The highest BCUT2D eigenvalue weighted by atomic mass is 79.9. The van der Waals surface area contributed by atoms with Crippen LogP contribution in [0.2, 0.25) is 0 Å².